The van der Waals surface area contributed by atoms with Gasteiger partial charge in [0.05, 0.1) is 0 Å². The summed E-state index contributed by atoms with van der Waals surface area (Å²) < 4.78 is 4.55. The molecule has 1 aliphatic heterocycles. The smallest absolute Gasteiger partial charge is 0.242 e. The highest BCUT2D eigenvalue weighted by Gasteiger charge is 2.33. The number of aryl methyl sites for hydroxylation is 2. The molecule has 2 aromatic carbocycles. The number of carbonyl (C=O) groups excluding carboxylic acids is 1. The van der Waals surface area contributed by atoms with Gasteiger partial charge in [-0.05, 0) is 50.7 Å². The van der Waals surface area contributed by atoms with Gasteiger partial charge in [-0.2, -0.15) is 4.37 Å². The fourth-order valence-corrected chi connectivity index (χ4v) is 4.79. The Bertz CT molecular complexity index is 986. The maximum absolute atomic E-state index is 13.0. The molecule has 5 nitrogen and oxygen atoms in total. The lowest BCUT2D eigenvalue weighted by molar-refractivity contribution is -0.122. The molecule has 1 aromatic heterocycles. The van der Waals surface area contributed by atoms with Gasteiger partial charge < -0.3 is 10.2 Å². The fourth-order valence-electron chi connectivity index (χ4n) is 4.03. The van der Waals surface area contributed by atoms with Crippen LogP contribution in [0.3, 0.4) is 0 Å². The van der Waals surface area contributed by atoms with E-state index in [1.165, 1.54) is 28.2 Å². The first-order valence-corrected chi connectivity index (χ1v) is 11.8. The number of hydrogen-bond donors (Lipinski definition) is 1. The third kappa shape index (κ3) is 5.70. The molecule has 0 radical (unpaired) electrons. The number of nitrogens with zero attached hydrogens (tertiary/aromatic N) is 3. The van der Waals surface area contributed by atoms with Gasteiger partial charge in [0.15, 0.2) is 0 Å². The summed E-state index contributed by atoms with van der Waals surface area (Å²) in [4.78, 5) is 19.9. The molecule has 1 fully saturated rings. The number of carbonyl (C=O) groups is 1. The standard InChI is InChI=1S/C25H30N4OS/c1-18-10-13-21(14-11-18)17-23-27-25(31-28-23)29-16-6-9-22(29)24(30)26-19(2)12-15-20-7-4-3-5-8-20/h3-5,7-8,10-11,13-14,19,22H,6,9,12,15-17H2,1-2H3,(H,26,30). The van der Waals surface area contributed by atoms with Gasteiger partial charge in [-0.3, -0.25) is 4.79 Å². The van der Waals surface area contributed by atoms with Gasteiger partial charge in [0.1, 0.15) is 11.9 Å². The molecule has 0 saturated carbocycles. The van der Waals surface area contributed by atoms with Crippen LogP contribution in [0.1, 0.15) is 48.7 Å². The predicted molar refractivity (Wildman–Crippen MR) is 127 cm³/mol. The van der Waals surface area contributed by atoms with Crippen molar-refractivity contribution in [2.24, 2.45) is 0 Å². The Morgan fingerprint density at radius 2 is 1.94 bits per heavy atom. The lowest BCUT2D eigenvalue weighted by atomic mass is 10.1. The number of hydrogen-bond acceptors (Lipinski definition) is 5. The lowest BCUT2D eigenvalue weighted by Crippen LogP contribution is -2.46. The van der Waals surface area contributed by atoms with Crippen LogP contribution in [0.5, 0.6) is 0 Å². The molecule has 162 valence electrons. The number of rotatable bonds is 8. The van der Waals surface area contributed by atoms with Gasteiger partial charge in [0, 0.05) is 30.5 Å². The third-order valence-corrected chi connectivity index (χ3v) is 6.63. The summed E-state index contributed by atoms with van der Waals surface area (Å²) in [7, 11) is 0. The van der Waals surface area contributed by atoms with Crippen molar-refractivity contribution in [3.8, 4) is 0 Å². The molecule has 4 rings (SSSR count). The molecule has 0 bridgehead atoms. The maximum Gasteiger partial charge on any atom is 0.242 e. The molecule has 0 spiro atoms. The van der Waals surface area contributed by atoms with Crippen molar-refractivity contribution in [3.63, 3.8) is 0 Å². The molecule has 3 aromatic rings. The van der Waals surface area contributed by atoms with Crippen molar-refractivity contribution in [2.45, 2.75) is 58.0 Å². The molecular weight excluding hydrogens is 404 g/mol. The minimum Gasteiger partial charge on any atom is -0.352 e. The summed E-state index contributed by atoms with van der Waals surface area (Å²) in [6.45, 7) is 5.03. The summed E-state index contributed by atoms with van der Waals surface area (Å²) in [5.74, 6) is 0.930. The number of benzene rings is 2. The maximum atomic E-state index is 13.0. The zero-order valence-electron chi connectivity index (χ0n) is 18.3. The number of anilines is 1. The first-order chi connectivity index (χ1) is 15.1. The first kappa shape index (κ1) is 21.5. The Labute approximate surface area is 188 Å². The Balaban J connectivity index is 1.33. The van der Waals surface area contributed by atoms with Crippen molar-refractivity contribution < 1.29 is 4.79 Å². The van der Waals surface area contributed by atoms with E-state index in [0.717, 1.165) is 49.6 Å². The zero-order chi connectivity index (χ0) is 21.6. The van der Waals surface area contributed by atoms with Gasteiger partial charge in [0.25, 0.3) is 0 Å². The van der Waals surface area contributed by atoms with E-state index in [0.29, 0.717) is 0 Å². The normalized spacial score (nSPS) is 17.0. The van der Waals surface area contributed by atoms with Crippen LogP contribution in [0.4, 0.5) is 5.13 Å². The van der Waals surface area contributed by atoms with Gasteiger partial charge in [0.2, 0.25) is 11.0 Å². The molecule has 2 unspecified atom stereocenters. The molecule has 2 heterocycles. The van der Waals surface area contributed by atoms with Crippen LogP contribution in [0, 0.1) is 6.92 Å². The van der Waals surface area contributed by atoms with Crippen molar-refractivity contribution in [1.82, 2.24) is 14.7 Å². The van der Waals surface area contributed by atoms with E-state index in [1.54, 1.807) is 0 Å². The number of aromatic nitrogens is 2. The minimum atomic E-state index is -0.153. The van der Waals surface area contributed by atoms with Gasteiger partial charge in [-0.1, -0.05) is 60.2 Å². The van der Waals surface area contributed by atoms with Crippen molar-refractivity contribution in [2.75, 3.05) is 11.4 Å². The second-order valence-electron chi connectivity index (χ2n) is 8.44. The predicted octanol–water partition coefficient (Wildman–Crippen LogP) is 4.54. The summed E-state index contributed by atoms with van der Waals surface area (Å²) >= 11 is 1.40. The van der Waals surface area contributed by atoms with Crippen LogP contribution in [0.2, 0.25) is 0 Å². The van der Waals surface area contributed by atoms with Crippen LogP contribution >= 0.6 is 11.5 Å². The molecule has 1 aliphatic rings. The second kappa shape index (κ2) is 10.1. The topological polar surface area (TPSA) is 58.1 Å². The SMILES string of the molecule is Cc1ccc(Cc2nsc(N3CCCC3C(=O)NC(C)CCc3ccccc3)n2)cc1. The fraction of sp³-hybridized carbons (Fsp3) is 0.400. The van der Waals surface area contributed by atoms with Crippen molar-refractivity contribution >= 4 is 22.6 Å². The van der Waals surface area contributed by atoms with Crippen molar-refractivity contribution in [3.05, 3.63) is 77.1 Å². The van der Waals surface area contributed by atoms with Crippen LogP contribution in [0.15, 0.2) is 54.6 Å². The first-order valence-electron chi connectivity index (χ1n) is 11.1. The number of amides is 1. The summed E-state index contributed by atoms with van der Waals surface area (Å²) in [6, 6.07) is 18.9. The van der Waals surface area contributed by atoms with E-state index in [4.69, 9.17) is 4.98 Å². The summed E-state index contributed by atoms with van der Waals surface area (Å²) in [5.41, 5.74) is 3.76. The van der Waals surface area contributed by atoms with E-state index in [-0.39, 0.29) is 18.0 Å². The largest absolute Gasteiger partial charge is 0.352 e. The molecule has 2 atom stereocenters. The Hall–Kier alpha value is -2.73. The molecule has 1 saturated heterocycles. The second-order valence-corrected chi connectivity index (χ2v) is 9.17. The van der Waals surface area contributed by atoms with E-state index in [9.17, 15) is 4.79 Å². The highest BCUT2D eigenvalue weighted by Crippen LogP contribution is 2.28. The quantitative estimate of drug-likeness (QED) is 0.565. The highest BCUT2D eigenvalue weighted by atomic mass is 32.1. The minimum absolute atomic E-state index is 0.105. The molecule has 1 amide bonds. The summed E-state index contributed by atoms with van der Waals surface area (Å²) in [6.07, 6.45) is 4.49. The summed E-state index contributed by atoms with van der Waals surface area (Å²) in [5, 5.41) is 4.08. The zero-order valence-corrected chi connectivity index (χ0v) is 19.1. The Morgan fingerprint density at radius 3 is 2.71 bits per heavy atom. The van der Waals surface area contributed by atoms with Crippen LogP contribution in [0.25, 0.3) is 0 Å². The van der Waals surface area contributed by atoms with Gasteiger partial charge in [-0.15, -0.1) is 0 Å². The average Bonchev–Trinajstić information content (AvgIpc) is 3.44. The number of nitrogens with one attached hydrogen (secondary N) is 1. The Morgan fingerprint density at radius 1 is 1.16 bits per heavy atom. The van der Waals surface area contributed by atoms with E-state index in [2.05, 4.69) is 77.0 Å². The van der Waals surface area contributed by atoms with Crippen LogP contribution < -0.4 is 10.2 Å². The molecule has 0 aliphatic carbocycles. The van der Waals surface area contributed by atoms with E-state index >= 15 is 0 Å². The average molecular weight is 435 g/mol. The molecule has 1 N–H and O–H groups in total. The highest BCUT2D eigenvalue weighted by molar-refractivity contribution is 7.09. The van der Waals surface area contributed by atoms with Crippen molar-refractivity contribution in [1.29, 1.82) is 0 Å². The monoisotopic (exact) mass is 434 g/mol. The van der Waals surface area contributed by atoms with E-state index < -0.39 is 0 Å². The van der Waals surface area contributed by atoms with Gasteiger partial charge >= 0.3 is 0 Å². The van der Waals surface area contributed by atoms with Crippen LogP contribution in [-0.2, 0) is 17.6 Å². The lowest BCUT2D eigenvalue weighted by Gasteiger charge is -2.24. The molecule has 31 heavy (non-hydrogen) atoms. The van der Waals surface area contributed by atoms with Crippen LogP contribution in [-0.4, -0.2) is 33.9 Å². The third-order valence-electron chi connectivity index (χ3n) is 5.84. The van der Waals surface area contributed by atoms with E-state index in [1.807, 2.05) is 6.07 Å². The Kier molecular flexibility index (Phi) is 6.97. The molecular formula is C25H30N4OS. The molecule has 6 heteroatoms. The van der Waals surface area contributed by atoms with Gasteiger partial charge in [-0.25, -0.2) is 4.98 Å².